The standard InChI is InChI=1S/C10H15N3O2S2/c1-3-8(7-11)17(14,15)13-9(4-2)10-12-5-6-16-10/h5-6,8-9,13H,3-4H2,1-2H3. The highest BCUT2D eigenvalue weighted by atomic mass is 32.2. The van der Waals surface area contributed by atoms with Crippen molar-refractivity contribution in [3.63, 3.8) is 0 Å². The average Bonchev–Trinajstić information content (AvgIpc) is 2.80. The van der Waals surface area contributed by atoms with Crippen molar-refractivity contribution >= 4 is 21.4 Å². The Balaban J connectivity index is 2.86. The van der Waals surface area contributed by atoms with Gasteiger partial charge in [-0.15, -0.1) is 11.3 Å². The van der Waals surface area contributed by atoms with Crippen molar-refractivity contribution in [3.8, 4) is 6.07 Å². The first-order chi connectivity index (χ1) is 8.05. The van der Waals surface area contributed by atoms with Gasteiger partial charge in [-0.3, -0.25) is 0 Å². The molecule has 1 heterocycles. The molecule has 7 heteroatoms. The van der Waals surface area contributed by atoms with E-state index in [2.05, 4.69) is 9.71 Å². The van der Waals surface area contributed by atoms with E-state index in [0.717, 1.165) is 5.01 Å². The van der Waals surface area contributed by atoms with Crippen molar-refractivity contribution in [2.24, 2.45) is 0 Å². The molecule has 0 aromatic carbocycles. The van der Waals surface area contributed by atoms with Crippen LogP contribution in [0.2, 0.25) is 0 Å². The van der Waals surface area contributed by atoms with Crippen LogP contribution >= 0.6 is 11.3 Å². The number of nitrogens with one attached hydrogen (secondary N) is 1. The van der Waals surface area contributed by atoms with Crippen LogP contribution in [0.4, 0.5) is 0 Å². The van der Waals surface area contributed by atoms with Gasteiger partial charge in [-0.25, -0.2) is 18.1 Å². The Kier molecular flexibility index (Phi) is 5.05. The van der Waals surface area contributed by atoms with Gasteiger partial charge < -0.3 is 0 Å². The number of sulfonamides is 1. The van der Waals surface area contributed by atoms with E-state index in [1.54, 1.807) is 24.6 Å². The van der Waals surface area contributed by atoms with E-state index in [1.807, 2.05) is 6.92 Å². The molecule has 0 aliphatic heterocycles. The van der Waals surface area contributed by atoms with E-state index >= 15 is 0 Å². The second-order valence-electron chi connectivity index (χ2n) is 3.52. The van der Waals surface area contributed by atoms with Crippen molar-refractivity contribution in [3.05, 3.63) is 16.6 Å². The van der Waals surface area contributed by atoms with Gasteiger partial charge in [0.15, 0.2) is 5.25 Å². The fourth-order valence-corrected chi connectivity index (χ4v) is 3.64. The van der Waals surface area contributed by atoms with Gasteiger partial charge in [0.05, 0.1) is 12.1 Å². The maximum atomic E-state index is 11.9. The molecule has 0 fully saturated rings. The summed E-state index contributed by atoms with van der Waals surface area (Å²) in [6.45, 7) is 3.55. The van der Waals surface area contributed by atoms with Crippen molar-refractivity contribution in [2.45, 2.75) is 38.0 Å². The van der Waals surface area contributed by atoms with Crippen LogP contribution in [0.3, 0.4) is 0 Å². The predicted molar refractivity (Wildman–Crippen MR) is 66.9 cm³/mol. The zero-order valence-corrected chi connectivity index (χ0v) is 11.4. The molecule has 94 valence electrons. The summed E-state index contributed by atoms with van der Waals surface area (Å²) in [5.41, 5.74) is 0. The Labute approximate surface area is 106 Å². The molecule has 2 unspecified atom stereocenters. The van der Waals surface area contributed by atoms with Crippen molar-refractivity contribution in [1.82, 2.24) is 9.71 Å². The Hall–Kier alpha value is -0.970. The smallest absolute Gasteiger partial charge is 0.228 e. The summed E-state index contributed by atoms with van der Waals surface area (Å²) in [5.74, 6) is 0. The summed E-state index contributed by atoms with van der Waals surface area (Å²) in [5, 5.41) is 10.3. The normalized spacial score (nSPS) is 15.1. The SMILES string of the molecule is CCC(NS(=O)(=O)C(C#N)CC)c1nccs1. The Morgan fingerprint density at radius 1 is 1.53 bits per heavy atom. The summed E-state index contributed by atoms with van der Waals surface area (Å²) in [6, 6.07) is 1.45. The summed E-state index contributed by atoms with van der Waals surface area (Å²) >= 11 is 1.40. The van der Waals surface area contributed by atoms with E-state index in [4.69, 9.17) is 5.26 Å². The molecule has 0 spiro atoms. The highest BCUT2D eigenvalue weighted by Crippen LogP contribution is 2.20. The molecular weight excluding hydrogens is 258 g/mol. The second-order valence-corrected chi connectivity index (χ2v) is 6.34. The van der Waals surface area contributed by atoms with E-state index in [1.165, 1.54) is 11.3 Å². The van der Waals surface area contributed by atoms with Crippen LogP contribution in [0.1, 0.15) is 37.7 Å². The first-order valence-electron chi connectivity index (χ1n) is 5.35. The van der Waals surface area contributed by atoms with E-state index in [0.29, 0.717) is 6.42 Å². The van der Waals surface area contributed by atoms with E-state index in [9.17, 15) is 8.42 Å². The third kappa shape index (κ3) is 3.49. The first kappa shape index (κ1) is 14.1. The number of hydrogen-bond acceptors (Lipinski definition) is 5. The molecule has 0 saturated carbocycles. The lowest BCUT2D eigenvalue weighted by molar-refractivity contribution is 0.541. The zero-order valence-electron chi connectivity index (χ0n) is 9.75. The third-order valence-corrected chi connectivity index (χ3v) is 5.04. The highest BCUT2D eigenvalue weighted by Gasteiger charge is 2.27. The molecule has 17 heavy (non-hydrogen) atoms. The molecule has 1 N–H and O–H groups in total. The van der Waals surface area contributed by atoms with Gasteiger partial charge in [-0.05, 0) is 12.8 Å². The van der Waals surface area contributed by atoms with Crippen molar-refractivity contribution < 1.29 is 8.42 Å². The summed E-state index contributed by atoms with van der Waals surface area (Å²) in [7, 11) is -3.60. The van der Waals surface area contributed by atoms with Gasteiger partial charge in [-0.2, -0.15) is 5.26 Å². The maximum Gasteiger partial charge on any atom is 0.228 e. The Morgan fingerprint density at radius 3 is 2.65 bits per heavy atom. The Morgan fingerprint density at radius 2 is 2.24 bits per heavy atom. The molecule has 1 rings (SSSR count). The van der Waals surface area contributed by atoms with Gasteiger partial charge in [-0.1, -0.05) is 13.8 Å². The minimum Gasteiger partial charge on any atom is -0.248 e. The molecule has 0 amide bonds. The minimum atomic E-state index is -3.60. The van der Waals surface area contributed by atoms with Crippen LogP contribution in [0.15, 0.2) is 11.6 Å². The predicted octanol–water partition coefficient (Wildman–Crippen LogP) is 1.82. The summed E-state index contributed by atoms with van der Waals surface area (Å²) in [6.07, 6.45) is 2.52. The lowest BCUT2D eigenvalue weighted by Gasteiger charge is -2.16. The van der Waals surface area contributed by atoms with Gasteiger partial charge in [0.25, 0.3) is 0 Å². The molecule has 1 aromatic heterocycles. The zero-order chi connectivity index (χ0) is 12.9. The average molecular weight is 273 g/mol. The molecule has 0 aliphatic rings. The van der Waals surface area contributed by atoms with Gasteiger partial charge in [0, 0.05) is 11.6 Å². The number of aromatic nitrogens is 1. The molecular formula is C10H15N3O2S2. The van der Waals surface area contributed by atoms with Gasteiger partial charge >= 0.3 is 0 Å². The number of nitrogens with zero attached hydrogens (tertiary/aromatic N) is 2. The van der Waals surface area contributed by atoms with Gasteiger partial charge in [0.1, 0.15) is 5.01 Å². The quantitative estimate of drug-likeness (QED) is 0.857. The largest absolute Gasteiger partial charge is 0.248 e. The molecule has 1 aromatic rings. The molecule has 5 nitrogen and oxygen atoms in total. The van der Waals surface area contributed by atoms with E-state index < -0.39 is 15.3 Å². The number of rotatable bonds is 6. The van der Waals surface area contributed by atoms with Crippen LogP contribution in [0.25, 0.3) is 0 Å². The third-order valence-electron chi connectivity index (χ3n) is 2.35. The lowest BCUT2D eigenvalue weighted by atomic mass is 10.3. The molecule has 0 radical (unpaired) electrons. The van der Waals surface area contributed by atoms with Gasteiger partial charge in [0.2, 0.25) is 10.0 Å². The summed E-state index contributed by atoms with van der Waals surface area (Å²) < 4.78 is 26.3. The monoisotopic (exact) mass is 273 g/mol. The van der Waals surface area contributed by atoms with Crippen LogP contribution in [0.5, 0.6) is 0 Å². The second kappa shape index (κ2) is 6.10. The lowest BCUT2D eigenvalue weighted by Crippen LogP contribution is -2.35. The molecule has 0 aliphatic carbocycles. The number of thiazole rings is 1. The van der Waals surface area contributed by atoms with E-state index in [-0.39, 0.29) is 12.5 Å². The maximum absolute atomic E-state index is 11.9. The van der Waals surface area contributed by atoms with Crippen LogP contribution in [0, 0.1) is 11.3 Å². The molecule has 2 atom stereocenters. The van der Waals surface area contributed by atoms with Crippen LogP contribution in [-0.2, 0) is 10.0 Å². The topological polar surface area (TPSA) is 82.9 Å². The van der Waals surface area contributed by atoms with Crippen molar-refractivity contribution in [2.75, 3.05) is 0 Å². The molecule has 0 saturated heterocycles. The van der Waals surface area contributed by atoms with Crippen molar-refractivity contribution in [1.29, 1.82) is 5.26 Å². The van der Waals surface area contributed by atoms with Crippen LogP contribution < -0.4 is 4.72 Å². The Bertz CT molecular complexity index is 476. The van der Waals surface area contributed by atoms with Crippen LogP contribution in [-0.4, -0.2) is 18.7 Å². The highest BCUT2D eigenvalue weighted by molar-refractivity contribution is 7.90. The summed E-state index contributed by atoms with van der Waals surface area (Å²) in [4.78, 5) is 4.09. The number of hydrogen-bond donors (Lipinski definition) is 1. The molecule has 0 bridgehead atoms. The fourth-order valence-electron chi connectivity index (χ4n) is 1.38. The fraction of sp³-hybridized carbons (Fsp3) is 0.600. The first-order valence-corrected chi connectivity index (χ1v) is 7.77. The number of nitriles is 1. The minimum absolute atomic E-state index is 0.278.